The molecule has 2 fully saturated rings. The minimum absolute atomic E-state index is 0.0426. The van der Waals surface area contributed by atoms with Gasteiger partial charge >= 0.3 is 0 Å². The van der Waals surface area contributed by atoms with Crippen LogP contribution in [0.1, 0.15) is 27.0 Å². The first-order valence-electron chi connectivity index (χ1n) is 9.67. The summed E-state index contributed by atoms with van der Waals surface area (Å²) in [7, 11) is 1.47. The zero-order chi connectivity index (χ0) is 23.3. The van der Waals surface area contributed by atoms with Crippen LogP contribution >= 0.6 is 0 Å². The summed E-state index contributed by atoms with van der Waals surface area (Å²) in [6, 6.07) is 0. The standard InChI is InChI=1S/C17H21F2N9O4/c1-16(2)31-8-9(13(29)21-4)30-14(10(8)32-16)28-6-23-7-11(22-5-17(3,18)19)24-15(26-27-20)25-12(7)28/h6,8-10,14H,5H2,1-4H3,(H,21,29)(H,22,24,25)/t8-,9+,10-,14-/m1/s1. The number of nitrogens with zero attached hydrogens (tertiary/aromatic N) is 7. The van der Waals surface area contributed by atoms with Gasteiger partial charge < -0.3 is 24.8 Å². The molecule has 1 amide bonds. The molecular formula is C17H21F2N9O4. The van der Waals surface area contributed by atoms with Crippen molar-refractivity contribution in [2.45, 2.75) is 57.0 Å². The lowest BCUT2D eigenvalue weighted by atomic mass is 10.1. The number of rotatable bonds is 6. The Hall–Kier alpha value is -3.13. The molecule has 0 aromatic carbocycles. The van der Waals surface area contributed by atoms with Gasteiger partial charge in [-0.1, -0.05) is 0 Å². The summed E-state index contributed by atoms with van der Waals surface area (Å²) in [6.07, 6.45) is -1.90. The van der Waals surface area contributed by atoms with Crippen LogP contribution in [0.25, 0.3) is 21.6 Å². The van der Waals surface area contributed by atoms with Crippen LogP contribution in [-0.4, -0.2) is 69.0 Å². The monoisotopic (exact) mass is 453 g/mol. The maximum atomic E-state index is 13.4. The molecule has 2 aromatic rings. The van der Waals surface area contributed by atoms with Gasteiger partial charge in [0.2, 0.25) is 5.95 Å². The minimum atomic E-state index is -3.03. The van der Waals surface area contributed by atoms with Crippen LogP contribution in [0.3, 0.4) is 0 Å². The summed E-state index contributed by atoms with van der Waals surface area (Å²) in [6.45, 7) is 3.44. The van der Waals surface area contributed by atoms with Gasteiger partial charge in [-0.15, -0.1) is 0 Å². The van der Waals surface area contributed by atoms with Crippen LogP contribution in [-0.2, 0) is 19.0 Å². The predicted molar refractivity (Wildman–Crippen MR) is 105 cm³/mol. The van der Waals surface area contributed by atoms with E-state index in [-0.39, 0.29) is 22.9 Å². The second-order valence-corrected chi connectivity index (χ2v) is 7.94. The number of hydrogen-bond donors (Lipinski definition) is 2. The van der Waals surface area contributed by atoms with Crippen molar-refractivity contribution in [3.05, 3.63) is 16.8 Å². The van der Waals surface area contributed by atoms with E-state index in [1.807, 2.05) is 0 Å². The molecule has 0 saturated carbocycles. The third-order valence-electron chi connectivity index (χ3n) is 4.92. The lowest BCUT2D eigenvalue weighted by Crippen LogP contribution is -2.41. The van der Waals surface area contributed by atoms with Gasteiger partial charge in [-0.3, -0.25) is 9.36 Å². The van der Waals surface area contributed by atoms with Crippen molar-refractivity contribution in [1.82, 2.24) is 24.8 Å². The third-order valence-corrected chi connectivity index (χ3v) is 4.92. The van der Waals surface area contributed by atoms with Crippen molar-refractivity contribution in [3.63, 3.8) is 0 Å². The fourth-order valence-corrected chi connectivity index (χ4v) is 3.69. The molecule has 0 radical (unpaired) electrons. The molecule has 0 aliphatic carbocycles. The summed E-state index contributed by atoms with van der Waals surface area (Å²) in [5, 5.41) is 8.42. The lowest BCUT2D eigenvalue weighted by molar-refractivity contribution is -0.197. The normalized spacial score (nSPS) is 26.6. The Labute approximate surface area is 180 Å². The lowest BCUT2D eigenvalue weighted by Gasteiger charge is -2.24. The number of likely N-dealkylation sites (N-methyl/N-ethyl adjacent to an activating group) is 1. The number of carbonyl (C=O) groups is 1. The van der Waals surface area contributed by atoms with Gasteiger partial charge in [0.15, 0.2) is 35.1 Å². The molecule has 2 N–H and O–H groups in total. The summed E-state index contributed by atoms with van der Waals surface area (Å²) >= 11 is 0. The molecule has 2 aromatic heterocycles. The molecule has 4 atom stereocenters. The highest BCUT2D eigenvalue weighted by Crippen LogP contribution is 2.44. The number of alkyl halides is 2. The van der Waals surface area contributed by atoms with E-state index < -0.39 is 48.7 Å². The van der Waals surface area contributed by atoms with Crippen LogP contribution in [0.15, 0.2) is 11.4 Å². The third kappa shape index (κ3) is 4.02. The van der Waals surface area contributed by atoms with Gasteiger partial charge in [0.1, 0.15) is 12.2 Å². The molecular weight excluding hydrogens is 432 g/mol. The summed E-state index contributed by atoms with van der Waals surface area (Å²) in [5.41, 5.74) is 9.07. The van der Waals surface area contributed by atoms with Crippen molar-refractivity contribution >= 4 is 28.8 Å². The first-order valence-corrected chi connectivity index (χ1v) is 9.67. The van der Waals surface area contributed by atoms with Crippen LogP contribution in [0.4, 0.5) is 20.5 Å². The topological polar surface area (TPSA) is 161 Å². The van der Waals surface area contributed by atoms with E-state index in [0.29, 0.717) is 0 Å². The van der Waals surface area contributed by atoms with Gasteiger partial charge in [-0.2, -0.15) is 0 Å². The molecule has 2 aliphatic rings. The highest BCUT2D eigenvalue weighted by Gasteiger charge is 2.58. The molecule has 0 bridgehead atoms. The van der Waals surface area contributed by atoms with Gasteiger partial charge in [-0.05, 0) is 24.5 Å². The number of carbonyl (C=O) groups excluding carboxylic acids is 1. The van der Waals surface area contributed by atoms with Crippen LogP contribution < -0.4 is 10.6 Å². The average molecular weight is 453 g/mol. The van der Waals surface area contributed by atoms with E-state index in [4.69, 9.17) is 19.7 Å². The van der Waals surface area contributed by atoms with Crippen molar-refractivity contribution in [3.8, 4) is 0 Å². The molecule has 15 heteroatoms. The fourth-order valence-electron chi connectivity index (χ4n) is 3.69. The highest BCUT2D eigenvalue weighted by molar-refractivity contribution is 5.84. The van der Waals surface area contributed by atoms with E-state index in [0.717, 1.165) is 6.92 Å². The predicted octanol–water partition coefficient (Wildman–Crippen LogP) is 2.00. The van der Waals surface area contributed by atoms with Crippen molar-refractivity contribution in [2.24, 2.45) is 5.11 Å². The second-order valence-electron chi connectivity index (χ2n) is 7.94. The Kier molecular flexibility index (Phi) is 5.36. The highest BCUT2D eigenvalue weighted by atomic mass is 19.3. The van der Waals surface area contributed by atoms with Crippen LogP contribution in [0.2, 0.25) is 0 Å². The Bertz CT molecular complexity index is 1100. The van der Waals surface area contributed by atoms with Gasteiger partial charge in [0.25, 0.3) is 11.8 Å². The number of aromatic nitrogens is 4. The summed E-state index contributed by atoms with van der Waals surface area (Å²) in [5.74, 6) is -4.74. The largest absolute Gasteiger partial charge is 0.362 e. The fraction of sp³-hybridized carbons (Fsp3) is 0.647. The number of hydrogen-bond acceptors (Lipinski definition) is 9. The number of nitrogens with one attached hydrogen (secondary N) is 2. The van der Waals surface area contributed by atoms with E-state index in [2.05, 4.69) is 35.6 Å². The van der Waals surface area contributed by atoms with Crippen molar-refractivity contribution in [2.75, 3.05) is 18.9 Å². The van der Waals surface area contributed by atoms with Crippen molar-refractivity contribution < 1.29 is 27.8 Å². The average Bonchev–Trinajstić information content (AvgIpc) is 3.35. The zero-order valence-electron chi connectivity index (χ0n) is 17.6. The number of anilines is 1. The second kappa shape index (κ2) is 7.78. The molecule has 2 aliphatic heterocycles. The quantitative estimate of drug-likeness (QED) is 0.381. The molecule has 0 unspecified atom stereocenters. The molecule has 0 spiro atoms. The molecule has 4 rings (SSSR count). The molecule has 172 valence electrons. The summed E-state index contributed by atoms with van der Waals surface area (Å²) < 4.78 is 46.0. The minimum Gasteiger partial charge on any atom is -0.362 e. The van der Waals surface area contributed by atoms with Crippen LogP contribution in [0.5, 0.6) is 0 Å². The number of fused-ring (bicyclic) bond motifs is 2. The first-order chi connectivity index (χ1) is 15.0. The van der Waals surface area contributed by atoms with E-state index in [1.54, 1.807) is 13.8 Å². The number of ether oxygens (including phenoxy) is 3. The maximum absolute atomic E-state index is 13.4. The zero-order valence-corrected chi connectivity index (χ0v) is 17.6. The molecule has 2 saturated heterocycles. The number of amides is 1. The van der Waals surface area contributed by atoms with Crippen LogP contribution in [0, 0.1) is 0 Å². The number of halogens is 2. The Balaban J connectivity index is 1.78. The van der Waals surface area contributed by atoms with E-state index in [1.165, 1.54) is 17.9 Å². The molecule has 13 nitrogen and oxygen atoms in total. The summed E-state index contributed by atoms with van der Waals surface area (Å²) in [4.78, 5) is 27.4. The van der Waals surface area contributed by atoms with Gasteiger partial charge in [0.05, 0.1) is 12.9 Å². The Morgan fingerprint density at radius 2 is 2.09 bits per heavy atom. The molecule has 4 heterocycles. The first kappa shape index (κ1) is 22.1. The number of imidazole rings is 1. The maximum Gasteiger partial charge on any atom is 0.262 e. The Morgan fingerprint density at radius 1 is 1.38 bits per heavy atom. The van der Waals surface area contributed by atoms with Gasteiger partial charge in [0, 0.05) is 18.9 Å². The smallest absolute Gasteiger partial charge is 0.262 e. The van der Waals surface area contributed by atoms with Crippen molar-refractivity contribution in [1.29, 1.82) is 0 Å². The Morgan fingerprint density at radius 3 is 2.75 bits per heavy atom. The van der Waals surface area contributed by atoms with E-state index >= 15 is 0 Å². The number of azide groups is 1. The van der Waals surface area contributed by atoms with E-state index in [9.17, 15) is 13.6 Å². The SMILES string of the molecule is CNC(=O)[C@H]1O[C@@H](n2cnc3c(NCC(C)(F)F)nc(N=[N+]=[N-])nc32)[C@@H]2OC(C)(C)O[C@@H]21. The molecule has 32 heavy (non-hydrogen) atoms. The van der Waals surface area contributed by atoms with Gasteiger partial charge in [-0.25, -0.2) is 23.7 Å².